The molecule has 210 valence electrons. The third-order valence-electron chi connectivity index (χ3n) is 8.68. The Bertz CT molecular complexity index is 2050. The van der Waals surface area contributed by atoms with E-state index in [1.54, 1.807) is 12.1 Å². The molecule has 42 heavy (non-hydrogen) atoms. The minimum absolute atomic E-state index is 0.0165. The fourth-order valence-corrected chi connectivity index (χ4v) is 6.84. The second kappa shape index (κ2) is 10.9. The lowest BCUT2D eigenvalue weighted by Crippen LogP contribution is -2.13. The summed E-state index contributed by atoms with van der Waals surface area (Å²) in [5, 5.41) is 18.6. The first-order valence-electron chi connectivity index (χ1n) is 14.8. The van der Waals surface area contributed by atoms with E-state index in [2.05, 4.69) is 64.1 Å². The molecule has 0 aliphatic heterocycles. The van der Waals surface area contributed by atoms with Gasteiger partial charge in [-0.15, -0.1) is 0 Å². The van der Waals surface area contributed by atoms with Crippen molar-refractivity contribution >= 4 is 55.0 Å². The number of hydrogen-bond donors (Lipinski definition) is 1. The molecule has 6 rings (SSSR count). The van der Waals surface area contributed by atoms with Gasteiger partial charge < -0.3 is 9.84 Å². The summed E-state index contributed by atoms with van der Waals surface area (Å²) in [5.41, 5.74) is 4.93. The zero-order valence-electron chi connectivity index (χ0n) is 24.5. The number of carbonyl (C=O) groups excluding carboxylic acids is 1. The van der Waals surface area contributed by atoms with Crippen LogP contribution in [-0.2, 0) is 25.7 Å². The Morgan fingerprint density at radius 1 is 0.571 bits per heavy atom. The highest BCUT2D eigenvalue weighted by molar-refractivity contribution is 6.13. The maximum Gasteiger partial charge on any atom is 0.343 e. The van der Waals surface area contributed by atoms with Crippen LogP contribution in [0.3, 0.4) is 0 Å². The molecule has 4 nitrogen and oxygen atoms in total. The molecule has 0 atom stereocenters. The molecule has 4 heteroatoms. The average Bonchev–Trinajstić information content (AvgIpc) is 3.01. The number of aryl methyl sites for hydroxylation is 4. The second-order valence-electron chi connectivity index (χ2n) is 10.7. The SMILES string of the molecule is CCc1c2ccccc2c(CC)c2cc(C(=O)Oc3c(C(=O)O)ccc4c(CC)c5ccccc5c(CC)c34)ccc12. The zero-order valence-corrected chi connectivity index (χ0v) is 24.5. The Labute approximate surface area is 245 Å². The van der Waals surface area contributed by atoms with Crippen LogP contribution in [0.2, 0.25) is 0 Å². The molecule has 0 bridgehead atoms. The fourth-order valence-electron chi connectivity index (χ4n) is 6.84. The fraction of sp³-hybridized carbons (Fsp3) is 0.211. The molecule has 0 radical (unpaired) electrons. The van der Waals surface area contributed by atoms with Crippen molar-refractivity contribution < 1.29 is 19.4 Å². The number of carboxylic acids is 1. The molecule has 0 saturated heterocycles. The number of benzene rings is 6. The first kappa shape index (κ1) is 27.5. The van der Waals surface area contributed by atoms with Gasteiger partial charge in [-0.2, -0.15) is 0 Å². The molecule has 0 unspecified atom stereocenters. The monoisotopic (exact) mass is 554 g/mol. The van der Waals surface area contributed by atoms with Gasteiger partial charge in [-0.3, -0.25) is 0 Å². The Morgan fingerprint density at radius 2 is 1.02 bits per heavy atom. The quantitative estimate of drug-likeness (QED) is 0.121. The summed E-state index contributed by atoms with van der Waals surface area (Å²) in [6, 6.07) is 25.8. The number of hydrogen-bond acceptors (Lipinski definition) is 3. The molecule has 0 spiro atoms. The lowest BCUT2D eigenvalue weighted by atomic mass is 9.88. The van der Waals surface area contributed by atoms with E-state index in [-0.39, 0.29) is 11.3 Å². The van der Waals surface area contributed by atoms with Crippen LogP contribution in [-0.4, -0.2) is 17.0 Å². The van der Waals surface area contributed by atoms with E-state index in [1.807, 2.05) is 30.3 Å². The van der Waals surface area contributed by atoms with E-state index in [4.69, 9.17) is 4.74 Å². The summed E-state index contributed by atoms with van der Waals surface area (Å²) in [4.78, 5) is 26.4. The molecule has 6 aromatic rings. The molecule has 6 aromatic carbocycles. The van der Waals surface area contributed by atoms with E-state index in [1.165, 1.54) is 21.9 Å². The normalized spacial score (nSPS) is 11.5. The van der Waals surface area contributed by atoms with Crippen molar-refractivity contribution in [1.29, 1.82) is 0 Å². The number of ether oxygens (including phenoxy) is 1. The van der Waals surface area contributed by atoms with Crippen molar-refractivity contribution in [3.63, 3.8) is 0 Å². The molecule has 0 aliphatic carbocycles. The van der Waals surface area contributed by atoms with Gasteiger partial charge in [0.05, 0.1) is 5.56 Å². The first-order chi connectivity index (χ1) is 20.4. The minimum atomic E-state index is -1.13. The van der Waals surface area contributed by atoms with E-state index in [0.717, 1.165) is 57.3 Å². The van der Waals surface area contributed by atoms with Crippen molar-refractivity contribution in [3.8, 4) is 5.75 Å². The van der Waals surface area contributed by atoms with Crippen LogP contribution < -0.4 is 4.74 Å². The van der Waals surface area contributed by atoms with Gasteiger partial charge in [0.2, 0.25) is 0 Å². The standard InChI is InChI=1S/C38H34O4/c1-5-23-27-13-9-10-15-29(27)25(7-3)34-21-22(17-18-31(23)34)38(41)42-36-33(37(39)40)20-19-32-24(6-2)28-14-11-12-16-30(28)26(8-4)35(32)36/h9-21H,5-8H2,1-4H3,(H,39,40). The smallest absolute Gasteiger partial charge is 0.343 e. The topological polar surface area (TPSA) is 63.6 Å². The molecule has 0 heterocycles. The van der Waals surface area contributed by atoms with Crippen LogP contribution in [0.25, 0.3) is 43.1 Å². The van der Waals surface area contributed by atoms with Gasteiger partial charge in [0.15, 0.2) is 5.75 Å². The van der Waals surface area contributed by atoms with Crippen LogP contribution in [0.1, 0.15) is 70.7 Å². The van der Waals surface area contributed by atoms with Crippen molar-refractivity contribution in [1.82, 2.24) is 0 Å². The molecule has 0 aliphatic rings. The van der Waals surface area contributed by atoms with Crippen LogP contribution in [0.4, 0.5) is 0 Å². The van der Waals surface area contributed by atoms with E-state index in [0.29, 0.717) is 17.4 Å². The summed E-state index contributed by atoms with van der Waals surface area (Å²) >= 11 is 0. The zero-order chi connectivity index (χ0) is 29.5. The van der Waals surface area contributed by atoms with Gasteiger partial charge >= 0.3 is 11.9 Å². The predicted molar refractivity (Wildman–Crippen MR) is 172 cm³/mol. The second-order valence-corrected chi connectivity index (χ2v) is 10.7. The molecule has 0 saturated carbocycles. The number of esters is 1. The Balaban J connectivity index is 1.58. The van der Waals surface area contributed by atoms with Gasteiger partial charge in [-0.05, 0) is 104 Å². The number of fused-ring (bicyclic) bond motifs is 4. The highest BCUT2D eigenvalue weighted by atomic mass is 16.5. The summed E-state index contributed by atoms with van der Waals surface area (Å²) in [7, 11) is 0. The largest absolute Gasteiger partial charge is 0.478 e. The van der Waals surface area contributed by atoms with Crippen LogP contribution in [0.5, 0.6) is 5.75 Å². The van der Waals surface area contributed by atoms with E-state index >= 15 is 0 Å². The van der Waals surface area contributed by atoms with Gasteiger partial charge in [0.1, 0.15) is 5.56 Å². The van der Waals surface area contributed by atoms with Crippen molar-refractivity contribution in [2.45, 2.75) is 53.4 Å². The Hall–Kier alpha value is -4.70. The van der Waals surface area contributed by atoms with Crippen molar-refractivity contribution in [2.24, 2.45) is 0 Å². The molecular formula is C38H34O4. The Morgan fingerprint density at radius 3 is 1.55 bits per heavy atom. The predicted octanol–water partition coefficient (Wildman–Crippen LogP) is 9.47. The third kappa shape index (κ3) is 4.21. The molecule has 0 aromatic heterocycles. The highest BCUT2D eigenvalue weighted by Gasteiger charge is 2.24. The lowest BCUT2D eigenvalue weighted by molar-refractivity contribution is 0.0682. The molecule has 1 N–H and O–H groups in total. The summed E-state index contributed by atoms with van der Waals surface area (Å²) in [6.07, 6.45) is 3.12. The summed E-state index contributed by atoms with van der Waals surface area (Å²) in [5.74, 6) is -1.57. The number of carbonyl (C=O) groups is 2. The van der Waals surface area contributed by atoms with Gasteiger partial charge in [-0.25, -0.2) is 9.59 Å². The van der Waals surface area contributed by atoms with Crippen LogP contribution in [0.15, 0.2) is 78.9 Å². The highest BCUT2D eigenvalue weighted by Crippen LogP contribution is 2.41. The van der Waals surface area contributed by atoms with Gasteiger partial charge in [0, 0.05) is 5.39 Å². The molecular weight excluding hydrogens is 520 g/mol. The number of rotatable bonds is 7. The van der Waals surface area contributed by atoms with Gasteiger partial charge in [-0.1, -0.05) is 88.4 Å². The number of carboxylic acid groups (broad SMARTS) is 1. The Kier molecular flexibility index (Phi) is 7.16. The van der Waals surface area contributed by atoms with Crippen LogP contribution >= 0.6 is 0 Å². The van der Waals surface area contributed by atoms with Crippen molar-refractivity contribution in [2.75, 3.05) is 0 Å². The van der Waals surface area contributed by atoms with E-state index < -0.39 is 11.9 Å². The van der Waals surface area contributed by atoms with Crippen molar-refractivity contribution in [3.05, 3.63) is 112 Å². The van der Waals surface area contributed by atoms with Gasteiger partial charge in [0.25, 0.3) is 0 Å². The maximum atomic E-state index is 13.9. The molecule has 0 fully saturated rings. The lowest BCUT2D eigenvalue weighted by Gasteiger charge is -2.19. The minimum Gasteiger partial charge on any atom is -0.478 e. The average molecular weight is 555 g/mol. The summed E-state index contributed by atoms with van der Waals surface area (Å²) in [6.45, 7) is 8.44. The number of aromatic carboxylic acids is 1. The first-order valence-corrected chi connectivity index (χ1v) is 14.8. The molecule has 0 amide bonds. The third-order valence-corrected chi connectivity index (χ3v) is 8.68. The summed E-state index contributed by atoms with van der Waals surface area (Å²) < 4.78 is 6.14. The van der Waals surface area contributed by atoms with E-state index in [9.17, 15) is 14.7 Å². The van der Waals surface area contributed by atoms with Crippen LogP contribution in [0, 0.1) is 0 Å². The maximum absolute atomic E-state index is 13.9.